The Hall–Kier alpha value is -3.20. The Balaban J connectivity index is 2.14. The SMILES string of the molecule is CCOC(=O)c1c(N)/c(=C\c2ccccc2Cl)c2n1C(=O)[C@H](c1ccccc1Cl)SC=2C(=O)OC. The number of rotatable bonds is 5. The number of halogens is 2. The topological polar surface area (TPSA) is 101 Å². The van der Waals surface area contributed by atoms with Crippen LogP contribution in [0.4, 0.5) is 5.69 Å². The zero-order chi connectivity index (χ0) is 25.3. The summed E-state index contributed by atoms with van der Waals surface area (Å²) in [4.78, 5) is 39.9. The molecule has 0 saturated carbocycles. The number of hydrogen-bond donors (Lipinski definition) is 1. The average molecular weight is 531 g/mol. The zero-order valence-corrected chi connectivity index (χ0v) is 21.0. The van der Waals surface area contributed by atoms with E-state index in [9.17, 15) is 14.4 Å². The summed E-state index contributed by atoms with van der Waals surface area (Å²) in [6.45, 7) is 1.70. The van der Waals surface area contributed by atoms with Crippen LogP contribution in [0.3, 0.4) is 0 Å². The summed E-state index contributed by atoms with van der Waals surface area (Å²) < 4.78 is 11.4. The number of anilines is 1. The predicted octanol–water partition coefficient (Wildman–Crippen LogP) is 3.79. The van der Waals surface area contributed by atoms with E-state index in [0.717, 1.165) is 16.3 Å². The van der Waals surface area contributed by atoms with Crippen molar-refractivity contribution < 1.29 is 23.9 Å². The monoisotopic (exact) mass is 530 g/mol. The first-order chi connectivity index (χ1) is 16.8. The molecule has 7 nitrogen and oxygen atoms in total. The Morgan fingerprint density at radius 1 is 1.09 bits per heavy atom. The van der Waals surface area contributed by atoms with E-state index in [2.05, 4.69) is 0 Å². The lowest BCUT2D eigenvalue weighted by Crippen LogP contribution is -2.42. The molecule has 2 heterocycles. The number of aromatic nitrogens is 1. The number of ether oxygens (including phenoxy) is 2. The van der Waals surface area contributed by atoms with Crippen molar-refractivity contribution in [3.63, 3.8) is 0 Å². The third kappa shape index (κ3) is 4.45. The van der Waals surface area contributed by atoms with E-state index in [4.69, 9.17) is 38.4 Å². The van der Waals surface area contributed by atoms with Gasteiger partial charge in [-0.05, 0) is 36.3 Å². The second kappa shape index (κ2) is 10.2. The van der Waals surface area contributed by atoms with Gasteiger partial charge < -0.3 is 15.2 Å². The van der Waals surface area contributed by atoms with Crippen molar-refractivity contribution >= 4 is 69.5 Å². The van der Waals surface area contributed by atoms with Crippen molar-refractivity contribution in [3.8, 4) is 0 Å². The van der Waals surface area contributed by atoms with Gasteiger partial charge in [0.2, 0.25) is 5.91 Å². The highest BCUT2D eigenvalue weighted by Crippen LogP contribution is 2.42. The van der Waals surface area contributed by atoms with E-state index >= 15 is 0 Å². The van der Waals surface area contributed by atoms with Crippen LogP contribution in [-0.2, 0) is 14.3 Å². The molecule has 0 fully saturated rings. The van der Waals surface area contributed by atoms with Crippen LogP contribution in [0, 0.1) is 0 Å². The number of carbonyl (C=O) groups excluding carboxylic acids is 3. The molecule has 4 rings (SSSR count). The summed E-state index contributed by atoms with van der Waals surface area (Å²) in [7, 11) is 1.23. The smallest absolute Gasteiger partial charge is 0.357 e. The molecule has 1 aliphatic rings. The quantitative estimate of drug-likeness (QED) is 0.500. The van der Waals surface area contributed by atoms with Crippen LogP contribution in [0.25, 0.3) is 11.0 Å². The highest BCUT2D eigenvalue weighted by Gasteiger charge is 2.39. The van der Waals surface area contributed by atoms with E-state index in [-0.39, 0.29) is 33.5 Å². The molecule has 0 amide bonds. The van der Waals surface area contributed by atoms with Gasteiger partial charge >= 0.3 is 11.9 Å². The molecule has 3 aromatic rings. The maximum Gasteiger partial charge on any atom is 0.357 e. The molecule has 0 unspecified atom stereocenters. The van der Waals surface area contributed by atoms with Crippen LogP contribution in [-0.4, -0.2) is 36.1 Å². The van der Waals surface area contributed by atoms with Crippen LogP contribution >= 0.6 is 35.0 Å². The third-order valence-corrected chi connectivity index (χ3v) is 7.35. The Morgan fingerprint density at radius 2 is 1.74 bits per heavy atom. The second-order valence-electron chi connectivity index (χ2n) is 7.42. The summed E-state index contributed by atoms with van der Waals surface area (Å²) in [6.07, 6.45) is 1.62. The molecule has 1 aromatic heterocycles. The molecular weight excluding hydrogens is 511 g/mol. The number of fused-ring (bicyclic) bond motifs is 1. The molecule has 0 aliphatic carbocycles. The predicted molar refractivity (Wildman–Crippen MR) is 137 cm³/mol. The highest BCUT2D eigenvalue weighted by molar-refractivity contribution is 8.10. The number of benzene rings is 2. The molecule has 1 atom stereocenters. The second-order valence-corrected chi connectivity index (χ2v) is 9.35. The van der Waals surface area contributed by atoms with Gasteiger partial charge in [-0.3, -0.25) is 9.36 Å². The van der Waals surface area contributed by atoms with Crippen LogP contribution in [0.1, 0.15) is 38.6 Å². The lowest BCUT2D eigenvalue weighted by atomic mass is 10.1. The first-order valence-electron chi connectivity index (χ1n) is 10.5. The van der Waals surface area contributed by atoms with E-state index in [1.54, 1.807) is 61.5 Å². The highest BCUT2D eigenvalue weighted by atomic mass is 35.5. The fourth-order valence-corrected chi connectivity index (χ4v) is 5.58. The number of hydrogen-bond acceptors (Lipinski definition) is 7. The molecule has 0 radical (unpaired) electrons. The molecular formula is C25H20Cl2N2O5S. The third-order valence-electron chi connectivity index (χ3n) is 5.38. The van der Waals surface area contributed by atoms with Gasteiger partial charge in [-0.15, -0.1) is 0 Å². The lowest BCUT2D eigenvalue weighted by molar-refractivity contribution is -0.133. The van der Waals surface area contributed by atoms with E-state index in [0.29, 0.717) is 21.2 Å². The molecule has 2 N–H and O–H groups in total. The van der Waals surface area contributed by atoms with Crippen molar-refractivity contribution in [2.45, 2.75) is 12.2 Å². The van der Waals surface area contributed by atoms with Crippen LogP contribution in [0.15, 0.2) is 48.5 Å². The normalized spacial score (nSPS) is 15.7. The van der Waals surface area contributed by atoms with Crippen molar-refractivity contribution in [2.24, 2.45) is 0 Å². The van der Waals surface area contributed by atoms with Crippen molar-refractivity contribution in [1.29, 1.82) is 0 Å². The van der Waals surface area contributed by atoms with Gasteiger partial charge in [0.1, 0.15) is 10.2 Å². The molecule has 35 heavy (non-hydrogen) atoms. The fourth-order valence-electron chi connectivity index (χ4n) is 3.81. The van der Waals surface area contributed by atoms with Gasteiger partial charge in [0, 0.05) is 15.3 Å². The number of esters is 2. The number of methoxy groups -OCH3 is 1. The maximum absolute atomic E-state index is 13.9. The molecule has 0 bridgehead atoms. The minimum Gasteiger partial charge on any atom is -0.465 e. The summed E-state index contributed by atoms with van der Waals surface area (Å²) in [5, 5.41) is 0.244. The van der Waals surface area contributed by atoms with E-state index in [1.165, 1.54) is 7.11 Å². The van der Waals surface area contributed by atoms with E-state index < -0.39 is 23.1 Å². The molecule has 180 valence electrons. The summed E-state index contributed by atoms with van der Waals surface area (Å²) in [5.74, 6) is -1.99. The summed E-state index contributed by atoms with van der Waals surface area (Å²) >= 11 is 13.7. The van der Waals surface area contributed by atoms with Crippen LogP contribution in [0.5, 0.6) is 0 Å². The minimum atomic E-state index is -0.932. The molecule has 2 aromatic carbocycles. The van der Waals surface area contributed by atoms with Gasteiger partial charge in [0.25, 0.3) is 0 Å². The fraction of sp³-hybridized carbons (Fsp3) is 0.160. The van der Waals surface area contributed by atoms with E-state index in [1.807, 2.05) is 0 Å². The van der Waals surface area contributed by atoms with Gasteiger partial charge in [-0.25, -0.2) is 9.59 Å². The minimum absolute atomic E-state index is 0.0199. The average Bonchev–Trinajstić information content (AvgIpc) is 3.13. The lowest BCUT2D eigenvalue weighted by Gasteiger charge is -2.24. The van der Waals surface area contributed by atoms with Crippen molar-refractivity contribution in [1.82, 2.24) is 4.57 Å². The largest absolute Gasteiger partial charge is 0.465 e. The molecule has 0 spiro atoms. The first-order valence-corrected chi connectivity index (χ1v) is 12.1. The van der Waals surface area contributed by atoms with Gasteiger partial charge in [0.15, 0.2) is 5.69 Å². The number of thioether (sulfide) groups is 1. The number of nitrogens with zero attached hydrogens (tertiary/aromatic N) is 1. The Bertz CT molecular complexity index is 1480. The Kier molecular flexibility index (Phi) is 7.25. The first kappa shape index (κ1) is 24.9. The van der Waals surface area contributed by atoms with Crippen LogP contribution in [0.2, 0.25) is 10.0 Å². The maximum atomic E-state index is 13.9. The van der Waals surface area contributed by atoms with Gasteiger partial charge in [-0.1, -0.05) is 71.4 Å². The Labute approximate surface area is 215 Å². The van der Waals surface area contributed by atoms with Gasteiger partial charge in [0.05, 0.1) is 24.8 Å². The number of nitrogen functional groups attached to an aromatic ring is 1. The summed E-state index contributed by atoms with van der Waals surface area (Å²) in [5.41, 5.74) is 7.31. The van der Waals surface area contributed by atoms with Gasteiger partial charge in [-0.2, -0.15) is 0 Å². The van der Waals surface area contributed by atoms with Crippen molar-refractivity contribution in [3.05, 3.63) is 86.0 Å². The summed E-state index contributed by atoms with van der Waals surface area (Å²) in [6, 6.07) is 13.8. The van der Waals surface area contributed by atoms with Crippen LogP contribution < -0.4 is 16.3 Å². The standard InChI is InChI=1S/C25H20Cl2N2O5S/c1-3-34-24(31)20-18(28)15(12-13-8-4-6-10-16(13)26)19-22(25(32)33-2)35-21(23(30)29(19)20)14-9-5-7-11-17(14)27/h4-12,21H,3,28H2,1-2H3/b15-12+/t21-/m0/s1. The molecule has 1 aliphatic heterocycles. The van der Waals surface area contributed by atoms with Crippen molar-refractivity contribution in [2.75, 3.05) is 19.5 Å². The molecule has 10 heteroatoms. The number of nitrogens with two attached hydrogens (primary N) is 1. The zero-order valence-electron chi connectivity index (χ0n) is 18.7. The Morgan fingerprint density at radius 3 is 2.37 bits per heavy atom. The molecule has 0 saturated heterocycles. The number of carbonyl (C=O) groups is 3.